The van der Waals surface area contributed by atoms with E-state index in [1.165, 1.54) is 0 Å². The van der Waals surface area contributed by atoms with Crippen LogP contribution in [0.15, 0.2) is 18.2 Å². The molecule has 156 valence electrons. The molecule has 0 radical (unpaired) electrons. The first-order valence-electron chi connectivity index (χ1n) is 8.55. The van der Waals surface area contributed by atoms with Gasteiger partial charge < -0.3 is 42.6 Å². The first-order chi connectivity index (χ1) is 13.3. The van der Waals surface area contributed by atoms with Crippen molar-refractivity contribution in [2.45, 2.75) is 0 Å². The minimum atomic E-state index is 0.0230. The van der Waals surface area contributed by atoms with E-state index in [2.05, 4.69) is 0 Å². The number of benzene rings is 1. The highest BCUT2D eigenvalue weighted by Crippen LogP contribution is 2.37. The summed E-state index contributed by atoms with van der Waals surface area (Å²) in [5.41, 5.74) is 0. The monoisotopic (exact) mass is 390 g/mol. The summed E-state index contributed by atoms with van der Waals surface area (Å²) in [5, 5.41) is 0. The van der Waals surface area contributed by atoms with Gasteiger partial charge in [0.15, 0.2) is 31.9 Å². The van der Waals surface area contributed by atoms with Crippen LogP contribution in [0, 0.1) is 0 Å². The number of para-hydroxylation sites is 1. The van der Waals surface area contributed by atoms with Crippen LogP contribution < -0.4 is 14.2 Å². The standard InChI is InChI=1S/C18H30O9/c1-19-7-10-22-13-25-16-5-4-6-17(26-14-23-11-8-20-2)18(16)27-15-24-12-9-21-3/h4-6H,7-15H2,1-3H3. The van der Waals surface area contributed by atoms with Crippen molar-refractivity contribution >= 4 is 0 Å². The SMILES string of the molecule is COCCOCOc1cccc(OCOCCOC)c1OCOCCOC. The fourth-order valence-electron chi connectivity index (χ4n) is 1.78. The van der Waals surface area contributed by atoms with Crippen molar-refractivity contribution in [3.05, 3.63) is 18.2 Å². The van der Waals surface area contributed by atoms with Crippen molar-refractivity contribution in [2.75, 3.05) is 81.3 Å². The lowest BCUT2D eigenvalue weighted by Gasteiger charge is -2.17. The van der Waals surface area contributed by atoms with Crippen LogP contribution in [0.2, 0.25) is 0 Å². The second-order valence-electron chi connectivity index (χ2n) is 5.07. The molecule has 27 heavy (non-hydrogen) atoms. The Morgan fingerprint density at radius 1 is 0.556 bits per heavy atom. The molecule has 9 heteroatoms. The van der Waals surface area contributed by atoms with Gasteiger partial charge in [-0.25, -0.2) is 0 Å². The molecular formula is C18H30O9. The van der Waals surface area contributed by atoms with E-state index in [1.807, 2.05) is 0 Å². The molecular weight excluding hydrogens is 360 g/mol. The van der Waals surface area contributed by atoms with Crippen LogP contribution in [-0.2, 0) is 28.4 Å². The summed E-state index contributed by atoms with van der Waals surface area (Å²) in [4.78, 5) is 0. The molecule has 0 aliphatic carbocycles. The number of hydrogen-bond acceptors (Lipinski definition) is 9. The minimum Gasteiger partial charge on any atom is -0.464 e. The third kappa shape index (κ3) is 11.0. The number of ether oxygens (including phenoxy) is 9. The van der Waals surface area contributed by atoms with Crippen LogP contribution >= 0.6 is 0 Å². The van der Waals surface area contributed by atoms with Gasteiger partial charge >= 0.3 is 0 Å². The Balaban J connectivity index is 2.60. The van der Waals surface area contributed by atoms with Crippen molar-refractivity contribution in [1.82, 2.24) is 0 Å². The highest BCUT2D eigenvalue weighted by atomic mass is 16.7. The first kappa shape index (κ1) is 23.4. The number of methoxy groups -OCH3 is 3. The molecule has 1 rings (SSSR count). The Morgan fingerprint density at radius 3 is 1.37 bits per heavy atom. The lowest BCUT2D eigenvalue weighted by Crippen LogP contribution is -2.12. The quantitative estimate of drug-likeness (QED) is 0.275. The number of rotatable bonds is 18. The zero-order valence-electron chi connectivity index (χ0n) is 16.3. The Morgan fingerprint density at radius 2 is 0.963 bits per heavy atom. The summed E-state index contributed by atoms with van der Waals surface area (Å²) >= 11 is 0. The predicted molar refractivity (Wildman–Crippen MR) is 96.4 cm³/mol. The largest absolute Gasteiger partial charge is 0.464 e. The van der Waals surface area contributed by atoms with Gasteiger partial charge in [0.1, 0.15) is 0 Å². The topological polar surface area (TPSA) is 83.1 Å². The molecule has 0 N–H and O–H groups in total. The third-order valence-electron chi connectivity index (χ3n) is 3.12. The Labute approximate surface area is 160 Å². The van der Waals surface area contributed by atoms with Crippen molar-refractivity contribution in [1.29, 1.82) is 0 Å². The number of hydrogen-bond donors (Lipinski definition) is 0. The van der Waals surface area contributed by atoms with Gasteiger partial charge in [0.2, 0.25) is 5.75 Å². The molecule has 1 aromatic carbocycles. The van der Waals surface area contributed by atoms with Crippen LogP contribution in [0.1, 0.15) is 0 Å². The van der Waals surface area contributed by atoms with Crippen molar-refractivity contribution < 1.29 is 42.6 Å². The lowest BCUT2D eigenvalue weighted by atomic mass is 10.3. The van der Waals surface area contributed by atoms with E-state index in [4.69, 9.17) is 42.6 Å². The summed E-state index contributed by atoms with van der Waals surface area (Å²) in [5.74, 6) is 1.34. The molecule has 0 aliphatic heterocycles. The van der Waals surface area contributed by atoms with Crippen molar-refractivity contribution in [3.8, 4) is 17.2 Å². The summed E-state index contributed by atoms with van der Waals surface area (Å²) in [7, 11) is 4.82. The van der Waals surface area contributed by atoms with Gasteiger partial charge in [-0.05, 0) is 12.1 Å². The lowest BCUT2D eigenvalue weighted by molar-refractivity contribution is -0.0277. The normalized spacial score (nSPS) is 10.8. The zero-order valence-corrected chi connectivity index (χ0v) is 16.3. The van der Waals surface area contributed by atoms with Crippen LogP contribution in [0.25, 0.3) is 0 Å². The van der Waals surface area contributed by atoms with Gasteiger partial charge in [0, 0.05) is 21.3 Å². The summed E-state index contributed by atoms with van der Waals surface area (Å²) in [6, 6.07) is 5.29. The van der Waals surface area contributed by atoms with Crippen LogP contribution in [0.5, 0.6) is 17.2 Å². The molecule has 1 aromatic rings. The fraction of sp³-hybridized carbons (Fsp3) is 0.667. The molecule has 0 atom stereocenters. The van der Waals surface area contributed by atoms with Crippen LogP contribution in [0.4, 0.5) is 0 Å². The minimum absolute atomic E-state index is 0.0230. The second-order valence-corrected chi connectivity index (χ2v) is 5.07. The van der Waals surface area contributed by atoms with Crippen LogP contribution in [-0.4, -0.2) is 81.3 Å². The summed E-state index contributed by atoms with van der Waals surface area (Å²) < 4.78 is 47.7. The van der Waals surface area contributed by atoms with E-state index < -0.39 is 0 Å². The second kappa shape index (κ2) is 16.5. The van der Waals surface area contributed by atoms with E-state index >= 15 is 0 Å². The smallest absolute Gasteiger partial charge is 0.206 e. The molecule has 0 saturated heterocycles. The van der Waals surface area contributed by atoms with E-state index in [0.717, 1.165) is 0 Å². The molecule has 0 unspecified atom stereocenters. The maximum atomic E-state index is 5.68. The molecule has 9 nitrogen and oxygen atoms in total. The molecule has 0 saturated carbocycles. The van der Waals surface area contributed by atoms with Gasteiger partial charge in [-0.3, -0.25) is 0 Å². The van der Waals surface area contributed by atoms with Gasteiger partial charge in [0.25, 0.3) is 0 Å². The van der Waals surface area contributed by atoms with E-state index in [-0.39, 0.29) is 20.4 Å². The molecule has 0 amide bonds. The summed E-state index contributed by atoms with van der Waals surface area (Å²) in [6.07, 6.45) is 0. The maximum Gasteiger partial charge on any atom is 0.206 e. The van der Waals surface area contributed by atoms with Gasteiger partial charge in [-0.15, -0.1) is 0 Å². The van der Waals surface area contributed by atoms with E-state index in [9.17, 15) is 0 Å². The fourth-order valence-corrected chi connectivity index (χ4v) is 1.78. The highest BCUT2D eigenvalue weighted by molar-refractivity contribution is 5.51. The molecule has 0 bridgehead atoms. The average Bonchev–Trinajstić information content (AvgIpc) is 2.68. The van der Waals surface area contributed by atoms with Crippen molar-refractivity contribution in [2.24, 2.45) is 0 Å². The third-order valence-corrected chi connectivity index (χ3v) is 3.12. The van der Waals surface area contributed by atoms with Gasteiger partial charge in [-0.2, -0.15) is 0 Å². The molecule has 0 aliphatic rings. The maximum absolute atomic E-state index is 5.68. The predicted octanol–water partition coefficient (Wildman–Crippen LogP) is 1.68. The van der Waals surface area contributed by atoms with Gasteiger partial charge in [-0.1, -0.05) is 6.07 Å². The Hall–Kier alpha value is -1.62. The first-order valence-corrected chi connectivity index (χ1v) is 8.55. The van der Waals surface area contributed by atoms with Crippen molar-refractivity contribution in [3.63, 3.8) is 0 Å². The van der Waals surface area contributed by atoms with E-state index in [1.54, 1.807) is 39.5 Å². The summed E-state index contributed by atoms with van der Waals surface area (Å²) in [6.45, 7) is 2.85. The van der Waals surface area contributed by atoms with Crippen LogP contribution in [0.3, 0.4) is 0 Å². The zero-order chi connectivity index (χ0) is 19.6. The molecule has 0 spiro atoms. The Kier molecular flexibility index (Phi) is 14.4. The highest BCUT2D eigenvalue weighted by Gasteiger charge is 2.13. The molecule has 0 aromatic heterocycles. The molecule has 0 heterocycles. The molecule has 0 fully saturated rings. The Bertz CT molecular complexity index is 438. The van der Waals surface area contributed by atoms with E-state index in [0.29, 0.717) is 56.9 Å². The average molecular weight is 390 g/mol. The van der Waals surface area contributed by atoms with Gasteiger partial charge in [0.05, 0.1) is 39.6 Å².